The molecule has 1 aliphatic carbocycles. The van der Waals surface area contributed by atoms with E-state index in [1.165, 1.54) is 5.56 Å². The second kappa shape index (κ2) is 5.85. The highest BCUT2D eigenvalue weighted by molar-refractivity contribution is 6.36. The Hall–Kier alpha value is -0.890. The van der Waals surface area contributed by atoms with E-state index in [1.54, 1.807) is 6.07 Å². The minimum Gasteiger partial charge on any atom is -0.381 e. The van der Waals surface area contributed by atoms with Gasteiger partial charge in [-0.15, -0.1) is 0 Å². The van der Waals surface area contributed by atoms with Crippen molar-refractivity contribution in [1.29, 1.82) is 0 Å². The van der Waals surface area contributed by atoms with E-state index in [0.717, 1.165) is 23.6 Å². The molecule has 4 heteroatoms. The van der Waals surface area contributed by atoms with E-state index in [4.69, 9.17) is 34.8 Å². The highest BCUT2D eigenvalue weighted by Gasteiger charge is 2.30. The Morgan fingerprint density at radius 3 is 2.15 bits per heavy atom. The van der Waals surface area contributed by atoms with E-state index in [0.29, 0.717) is 22.0 Å². The summed E-state index contributed by atoms with van der Waals surface area (Å²) in [4.78, 5) is 0. The quantitative estimate of drug-likeness (QED) is 0.729. The van der Waals surface area contributed by atoms with Crippen molar-refractivity contribution in [3.05, 3.63) is 63.1 Å². The van der Waals surface area contributed by atoms with E-state index in [-0.39, 0.29) is 0 Å². The van der Waals surface area contributed by atoms with Crippen LogP contribution in [0.1, 0.15) is 24.3 Å². The fourth-order valence-electron chi connectivity index (χ4n) is 2.57. The van der Waals surface area contributed by atoms with Crippen molar-refractivity contribution in [3.8, 4) is 0 Å². The van der Waals surface area contributed by atoms with Gasteiger partial charge in [-0.2, -0.15) is 0 Å². The minimum absolute atomic E-state index is 0.467. The smallest absolute Gasteiger partial charge is 0.0652 e. The summed E-state index contributed by atoms with van der Waals surface area (Å²) in [7, 11) is 0. The zero-order valence-corrected chi connectivity index (χ0v) is 13.0. The fourth-order valence-corrected chi connectivity index (χ4v) is 3.16. The second-order valence-corrected chi connectivity index (χ2v) is 6.47. The van der Waals surface area contributed by atoms with Crippen LogP contribution in [-0.2, 0) is 0 Å². The molecule has 1 saturated carbocycles. The van der Waals surface area contributed by atoms with Gasteiger partial charge in [-0.3, -0.25) is 0 Å². The van der Waals surface area contributed by atoms with E-state index in [2.05, 4.69) is 17.4 Å². The van der Waals surface area contributed by atoms with Gasteiger partial charge in [0.2, 0.25) is 0 Å². The number of hydrogen-bond acceptors (Lipinski definition) is 1. The first-order valence-electron chi connectivity index (χ1n) is 6.59. The lowest BCUT2D eigenvalue weighted by atomic mass is 9.76. The number of anilines is 1. The molecular weight excluding hydrogens is 313 g/mol. The van der Waals surface area contributed by atoms with Crippen molar-refractivity contribution in [3.63, 3.8) is 0 Å². The molecule has 0 saturated heterocycles. The highest BCUT2D eigenvalue weighted by atomic mass is 35.5. The third-order valence-corrected chi connectivity index (χ3v) is 4.57. The van der Waals surface area contributed by atoms with Gasteiger partial charge in [-0.25, -0.2) is 0 Å². The van der Waals surface area contributed by atoms with Crippen molar-refractivity contribution in [2.45, 2.75) is 24.8 Å². The largest absolute Gasteiger partial charge is 0.381 e. The predicted molar refractivity (Wildman–Crippen MR) is 87.3 cm³/mol. The van der Waals surface area contributed by atoms with Crippen molar-refractivity contribution >= 4 is 40.5 Å². The summed E-state index contributed by atoms with van der Waals surface area (Å²) in [5.74, 6) is 0.607. The van der Waals surface area contributed by atoms with Crippen molar-refractivity contribution in [1.82, 2.24) is 0 Å². The standard InChI is InChI=1S/C16H14Cl3N/c17-12-3-1-10(2-4-12)11-7-14(8-11)20-16-6-5-13(18)9-15(16)19/h1-6,9,11,14,20H,7-8H2. The Kier molecular flexibility index (Phi) is 4.11. The van der Waals surface area contributed by atoms with E-state index in [9.17, 15) is 0 Å². The monoisotopic (exact) mass is 325 g/mol. The number of nitrogens with one attached hydrogen (secondary N) is 1. The summed E-state index contributed by atoms with van der Waals surface area (Å²) in [6.45, 7) is 0. The van der Waals surface area contributed by atoms with Crippen LogP contribution in [-0.4, -0.2) is 6.04 Å². The first kappa shape index (κ1) is 14.1. The fraction of sp³-hybridized carbons (Fsp3) is 0.250. The van der Waals surface area contributed by atoms with Gasteiger partial charge in [0.1, 0.15) is 0 Å². The van der Waals surface area contributed by atoms with Crippen LogP contribution in [0.2, 0.25) is 15.1 Å². The van der Waals surface area contributed by atoms with Gasteiger partial charge < -0.3 is 5.32 Å². The zero-order valence-electron chi connectivity index (χ0n) is 10.7. The van der Waals surface area contributed by atoms with Gasteiger partial charge in [0.25, 0.3) is 0 Å². The van der Waals surface area contributed by atoms with Crippen LogP contribution in [0.3, 0.4) is 0 Å². The Balaban J connectivity index is 1.59. The molecule has 0 amide bonds. The molecule has 0 heterocycles. The molecule has 0 spiro atoms. The molecule has 1 fully saturated rings. The lowest BCUT2D eigenvalue weighted by Gasteiger charge is -2.37. The molecule has 1 aliphatic rings. The highest BCUT2D eigenvalue weighted by Crippen LogP contribution is 2.39. The third-order valence-electron chi connectivity index (χ3n) is 3.77. The summed E-state index contributed by atoms with van der Waals surface area (Å²) in [6.07, 6.45) is 2.22. The van der Waals surface area contributed by atoms with Crippen molar-refractivity contribution in [2.75, 3.05) is 5.32 Å². The molecule has 3 rings (SSSR count). The van der Waals surface area contributed by atoms with Crippen LogP contribution < -0.4 is 5.32 Å². The van der Waals surface area contributed by atoms with Crippen LogP contribution in [0.25, 0.3) is 0 Å². The predicted octanol–water partition coefficient (Wildman–Crippen LogP) is 6.00. The molecule has 0 bridgehead atoms. The molecule has 0 unspecified atom stereocenters. The summed E-state index contributed by atoms with van der Waals surface area (Å²) < 4.78 is 0. The maximum absolute atomic E-state index is 6.16. The average molecular weight is 327 g/mol. The molecule has 0 aliphatic heterocycles. The van der Waals surface area contributed by atoms with Crippen LogP contribution in [0.4, 0.5) is 5.69 Å². The average Bonchev–Trinajstić information content (AvgIpc) is 2.37. The van der Waals surface area contributed by atoms with Gasteiger partial charge in [0.05, 0.1) is 10.7 Å². The molecular formula is C16H14Cl3N. The number of hydrogen-bond donors (Lipinski definition) is 1. The minimum atomic E-state index is 0.467. The lowest BCUT2D eigenvalue weighted by molar-refractivity contribution is 0.374. The maximum Gasteiger partial charge on any atom is 0.0652 e. The molecule has 104 valence electrons. The Morgan fingerprint density at radius 2 is 1.50 bits per heavy atom. The van der Waals surface area contributed by atoms with E-state index >= 15 is 0 Å². The lowest BCUT2D eigenvalue weighted by Crippen LogP contribution is -2.34. The van der Waals surface area contributed by atoms with Gasteiger partial charge >= 0.3 is 0 Å². The topological polar surface area (TPSA) is 12.0 Å². The summed E-state index contributed by atoms with van der Waals surface area (Å²) in [5.41, 5.74) is 2.31. The van der Waals surface area contributed by atoms with Crippen LogP contribution >= 0.6 is 34.8 Å². The Morgan fingerprint density at radius 1 is 0.850 bits per heavy atom. The summed E-state index contributed by atoms with van der Waals surface area (Å²) >= 11 is 18.0. The zero-order chi connectivity index (χ0) is 14.1. The number of rotatable bonds is 3. The van der Waals surface area contributed by atoms with Gasteiger partial charge in [0, 0.05) is 16.1 Å². The molecule has 0 aromatic heterocycles. The summed E-state index contributed by atoms with van der Waals surface area (Å²) in [6, 6.07) is 14.1. The van der Waals surface area contributed by atoms with Gasteiger partial charge in [-0.1, -0.05) is 46.9 Å². The number of halogens is 3. The Labute approximate surface area is 133 Å². The van der Waals surface area contributed by atoms with Crippen molar-refractivity contribution in [2.24, 2.45) is 0 Å². The summed E-state index contributed by atoms with van der Waals surface area (Å²) in [5, 5.41) is 5.59. The van der Waals surface area contributed by atoms with Crippen molar-refractivity contribution < 1.29 is 0 Å². The molecule has 2 aromatic carbocycles. The molecule has 1 nitrogen and oxygen atoms in total. The van der Waals surface area contributed by atoms with Gasteiger partial charge in [-0.05, 0) is 54.7 Å². The SMILES string of the molecule is Clc1ccc(C2CC(Nc3ccc(Cl)cc3Cl)C2)cc1. The molecule has 0 radical (unpaired) electrons. The van der Waals surface area contributed by atoms with E-state index in [1.807, 2.05) is 24.3 Å². The van der Waals surface area contributed by atoms with Gasteiger partial charge in [0.15, 0.2) is 0 Å². The second-order valence-electron chi connectivity index (χ2n) is 5.19. The first-order valence-corrected chi connectivity index (χ1v) is 7.72. The van der Waals surface area contributed by atoms with E-state index < -0.39 is 0 Å². The number of benzene rings is 2. The third kappa shape index (κ3) is 3.06. The van der Waals surface area contributed by atoms with Crippen LogP contribution in [0.5, 0.6) is 0 Å². The van der Waals surface area contributed by atoms with Crippen LogP contribution in [0.15, 0.2) is 42.5 Å². The molecule has 1 N–H and O–H groups in total. The molecule has 2 aromatic rings. The maximum atomic E-state index is 6.16. The molecule has 0 atom stereocenters. The van der Waals surface area contributed by atoms with Crippen LogP contribution in [0, 0.1) is 0 Å². The normalized spacial score (nSPS) is 21.4. The first-order chi connectivity index (χ1) is 9.61. The molecule has 20 heavy (non-hydrogen) atoms. The Bertz CT molecular complexity index is 604.